The first kappa shape index (κ1) is 74.4. The van der Waals surface area contributed by atoms with Crippen LogP contribution < -0.4 is 0 Å². The van der Waals surface area contributed by atoms with Crippen LogP contribution in [0.1, 0.15) is 252 Å². The van der Waals surface area contributed by atoms with Gasteiger partial charge in [0, 0.05) is 19.3 Å². The molecule has 0 amide bonds. The predicted octanol–water partition coefficient (Wildman–Crippen LogP) is 17.0. The third-order valence-corrected chi connectivity index (χ3v) is 13.8. The second kappa shape index (κ2) is 55.9. The number of aliphatic carboxylic acids is 1. The first-order valence-electron chi connectivity index (χ1n) is 31.9. The minimum absolute atomic E-state index is 0.0346. The molecule has 0 aromatic carbocycles. The number of rotatable bonds is 53. The first-order chi connectivity index (χ1) is 39.6. The summed E-state index contributed by atoms with van der Waals surface area (Å²) >= 11 is 0. The van der Waals surface area contributed by atoms with Gasteiger partial charge >= 0.3 is 23.9 Å². The van der Waals surface area contributed by atoms with E-state index >= 15 is 0 Å². The molecule has 0 bridgehead atoms. The van der Waals surface area contributed by atoms with Crippen LogP contribution >= 0.6 is 0 Å². The summed E-state index contributed by atoms with van der Waals surface area (Å²) in [7, 11) is 0. The second-order valence-electron chi connectivity index (χ2n) is 21.3. The molecular formula is C69H112O12. The van der Waals surface area contributed by atoms with Crippen molar-refractivity contribution in [2.45, 2.75) is 289 Å². The molecule has 0 aliphatic carbocycles. The molecule has 81 heavy (non-hydrogen) atoms. The van der Waals surface area contributed by atoms with Crippen LogP contribution in [0.15, 0.2) is 109 Å². The van der Waals surface area contributed by atoms with Crippen LogP contribution in [0.25, 0.3) is 0 Å². The van der Waals surface area contributed by atoms with Crippen molar-refractivity contribution in [3.8, 4) is 0 Å². The van der Waals surface area contributed by atoms with Crippen molar-refractivity contribution >= 4 is 23.9 Å². The van der Waals surface area contributed by atoms with Gasteiger partial charge in [-0.15, -0.1) is 0 Å². The molecule has 6 atom stereocenters. The zero-order valence-electron chi connectivity index (χ0n) is 50.7. The van der Waals surface area contributed by atoms with Gasteiger partial charge in [0.2, 0.25) is 0 Å². The van der Waals surface area contributed by atoms with Crippen molar-refractivity contribution in [1.29, 1.82) is 0 Å². The fourth-order valence-electron chi connectivity index (χ4n) is 9.04. The van der Waals surface area contributed by atoms with E-state index in [0.717, 1.165) is 116 Å². The second-order valence-corrected chi connectivity index (χ2v) is 21.3. The molecular weight excluding hydrogens is 1020 g/mol. The zero-order valence-corrected chi connectivity index (χ0v) is 50.7. The number of carbonyl (C=O) groups is 4. The van der Waals surface area contributed by atoms with Crippen molar-refractivity contribution in [3.63, 3.8) is 0 Å². The quantitative estimate of drug-likeness (QED) is 0.0228. The Hall–Kier alpha value is -4.62. The summed E-state index contributed by atoms with van der Waals surface area (Å²) in [6.07, 6.45) is 63.3. The third-order valence-electron chi connectivity index (χ3n) is 13.8. The molecule has 0 spiro atoms. The summed E-state index contributed by atoms with van der Waals surface area (Å²) in [6.45, 7) is 5.73. The highest BCUT2D eigenvalue weighted by Crippen LogP contribution is 2.26. The van der Waals surface area contributed by atoms with Gasteiger partial charge in [0.05, 0.1) is 6.61 Å². The molecule has 1 fully saturated rings. The van der Waals surface area contributed by atoms with Crippen LogP contribution in [-0.4, -0.2) is 89.2 Å². The Kier molecular flexibility index (Phi) is 51.3. The summed E-state index contributed by atoms with van der Waals surface area (Å²) in [5.41, 5.74) is 0. The number of ether oxygens (including phenoxy) is 5. The molecule has 0 saturated carbocycles. The number of hydrogen-bond donors (Lipinski definition) is 3. The van der Waals surface area contributed by atoms with Gasteiger partial charge in [-0.3, -0.25) is 14.4 Å². The average Bonchev–Trinajstić information content (AvgIpc) is 3.53. The Morgan fingerprint density at radius 1 is 0.420 bits per heavy atom. The van der Waals surface area contributed by atoms with E-state index in [1.807, 2.05) is 6.08 Å². The minimum atomic E-state index is -1.92. The molecule has 1 saturated heterocycles. The topological polar surface area (TPSA) is 175 Å². The number of carboxylic acids is 1. The maximum atomic E-state index is 13.2. The summed E-state index contributed by atoms with van der Waals surface area (Å²) < 4.78 is 28.4. The number of aliphatic hydroxyl groups excluding tert-OH is 2. The van der Waals surface area contributed by atoms with Crippen molar-refractivity contribution in [2.75, 3.05) is 13.2 Å². The van der Waals surface area contributed by atoms with Crippen LogP contribution in [0.5, 0.6) is 0 Å². The van der Waals surface area contributed by atoms with Crippen LogP contribution in [-0.2, 0) is 42.9 Å². The molecule has 0 aromatic rings. The molecule has 1 aliphatic rings. The summed E-state index contributed by atoms with van der Waals surface area (Å²) in [5.74, 6) is -3.22. The zero-order chi connectivity index (χ0) is 58.9. The Labute approximate surface area is 491 Å². The number of aliphatic hydroxyl groups is 2. The van der Waals surface area contributed by atoms with Crippen molar-refractivity contribution in [1.82, 2.24) is 0 Å². The molecule has 1 heterocycles. The average molecular weight is 1130 g/mol. The Balaban J connectivity index is 2.71. The number of esters is 3. The van der Waals surface area contributed by atoms with E-state index in [1.54, 1.807) is 0 Å². The normalized spacial score (nSPS) is 18.5. The van der Waals surface area contributed by atoms with Gasteiger partial charge in [-0.1, -0.05) is 246 Å². The van der Waals surface area contributed by atoms with E-state index in [2.05, 4.69) is 124 Å². The lowest BCUT2D eigenvalue weighted by Gasteiger charge is -2.40. The Bertz CT molecular complexity index is 1820. The lowest BCUT2D eigenvalue weighted by molar-refractivity contribution is -0.301. The van der Waals surface area contributed by atoms with E-state index < -0.39 is 67.3 Å². The Morgan fingerprint density at radius 2 is 0.790 bits per heavy atom. The standard InChI is InChI=1S/C69H112O12/c1-4-7-10-13-16-19-22-25-28-30-31-33-36-39-42-45-48-51-54-57-63(72)80-67-65(74)64(73)66(68(75)76)81-69(67)78-59-60(79-62(71)56-53-50-47-44-41-38-34-27-24-21-18-15-12-9-6-3)58-77-61(70)55-52-49-46-43-40-37-35-32-29-26-23-20-17-14-11-8-5-2/h7-8,10-11,16-17,19-20,25-26,28-29,31,33,35,37,43,46,60,64-67,69,73-74H,4-6,9,12-15,18,21-24,27,30,32,34,36,38-42,44-45,47-59H2,1-3H3,(H,75,76)/b10-7-,11-8-,19-16-,20-17-,28-25-,29-26-,33-31-,37-35-,46-43-. The highest BCUT2D eigenvalue weighted by atomic mass is 16.7. The van der Waals surface area contributed by atoms with E-state index in [9.17, 15) is 34.5 Å². The van der Waals surface area contributed by atoms with Crippen LogP contribution in [0.4, 0.5) is 0 Å². The molecule has 1 rings (SSSR count). The van der Waals surface area contributed by atoms with E-state index in [1.165, 1.54) is 70.6 Å². The summed E-state index contributed by atoms with van der Waals surface area (Å²) in [4.78, 5) is 51.3. The maximum absolute atomic E-state index is 13.2. The van der Waals surface area contributed by atoms with Gasteiger partial charge in [-0.2, -0.15) is 0 Å². The Morgan fingerprint density at radius 3 is 1.22 bits per heavy atom. The lowest BCUT2D eigenvalue weighted by Crippen LogP contribution is -2.61. The maximum Gasteiger partial charge on any atom is 0.335 e. The third kappa shape index (κ3) is 45.6. The fourth-order valence-corrected chi connectivity index (χ4v) is 9.04. The highest BCUT2D eigenvalue weighted by Gasteiger charge is 2.50. The number of hydrogen-bond acceptors (Lipinski definition) is 11. The van der Waals surface area contributed by atoms with Crippen LogP contribution in [0.3, 0.4) is 0 Å². The molecule has 3 N–H and O–H groups in total. The smallest absolute Gasteiger partial charge is 0.335 e. The van der Waals surface area contributed by atoms with Gasteiger partial charge in [0.15, 0.2) is 24.6 Å². The fraction of sp³-hybridized carbons (Fsp3) is 0.681. The minimum Gasteiger partial charge on any atom is -0.479 e. The van der Waals surface area contributed by atoms with Crippen molar-refractivity contribution < 1.29 is 58.2 Å². The van der Waals surface area contributed by atoms with Crippen LogP contribution in [0, 0.1) is 0 Å². The summed E-state index contributed by atoms with van der Waals surface area (Å²) in [5, 5.41) is 31.6. The lowest BCUT2D eigenvalue weighted by atomic mass is 9.98. The number of allylic oxidation sites excluding steroid dienone is 18. The number of unbranched alkanes of at least 4 members (excludes halogenated alkanes) is 21. The molecule has 12 nitrogen and oxygen atoms in total. The SMILES string of the molecule is CC/C=C\C/C=C\C/C=C\C/C=C\C/C=C\CCCC(=O)OCC(COC1OC(C(=O)O)C(O)C(O)C1OC(=O)CCCCCCCC/C=C\C/C=C\C/C=C\C/C=C\CC)OC(=O)CCCCCCCCCCCCCCCCC. The van der Waals surface area contributed by atoms with Gasteiger partial charge in [-0.05, 0) is 96.3 Å². The predicted molar refractivity (Wildman–Crippen MR) is 330 cm³/mol. The summed E-state index contributed by atoms with van der Waals surface area (Å²) in [6, 6.07) is 0. The molecule has 6 unspecified atom stereocenters. The van der Waals surface area contributed by atoms with E-state index in [-0.39, 0.29) is 25.9 Å². The molecule has 1 aliphatic heterocycles. The van der Waals surface area contributed by atoms with Gasteiger partial charge < -0.3 is 39.0 Å². The molecule has 0 radical (unpaired) electrons. The monoisotopic (exact) mass is 1130 g/mol. The molecule has 12 heteroatoms. The first-order valence-corrected chi connectivity index (χ1v) is 31.9. The van der Waals surface area contributed by atoms with Crippen LogP contribution in [0.2, 0.25) is 0 Å². The van der Waals surface area contributed by atoms with Gasteiger partial charge in [-0.25, -0.2) is 4.79 Å². The number of carboxylic acid groups (broad SMARTS) is 1. The number of carbonyl (C=O) groups excluding carboxylic acids is 3. The highest BCUT2D eigenvalue weighted by molar-refractivity contribution is 5.74. The largest absolute Gasteiger partial charge is 0.479 e. The molecule has 460 valence electrons. The van der Waals surface area contributed by atoms with Crippen molar-refractivity contribution in [2.24, 2.45) is 0 Å². The van der Waals surface area contributed by atoms with E-state index in [0.29, 0.717) is 25.7 Å². The molecule has 0 aromatic heterocycles. The van der Waals surface area contributed by atoms with E-state index in [4.69, 9.17) is 23.7 Å². The van der Waals surface area contributed by atoms with Gasteiger partial charge in [0.1, 0.15) is 18.8 Å². The van der Waals surface area contributed by atoms with Gasteiger partial charge in [0.25, 0.3) is 0 Å². The van der Waals surface area contributed by atoms with Crippen molar-refractivity contribution in [3.05, 3.63) is 109 Å².